The minimum absolute atomic E-state index is 0.834. The maximum atomic E-state index is 4.57. The Morgan fingerprint density at radius 2 is 1.70 bits per heavy atom. The SMILES string of the molecule is c1ccc(-c2cn(-c3nc4ccccc4s3)nn2)cc1. The molecule has 0 atom stereocenters. The Labute approximate surface area is 119 Å². The van der Waals surface area contributed by atoms with Gasteiger partial charge in [0.05, 0.1) is 16.4 Å². The van der Waals surface area contributed by atoms with Crippen LogP contribution in [0.3, 0.4) is 0 Å². The van der Waals surface area contributed by atoms with Crippen LogP contribution in [0.4, 0.5) is 0 Å². The summed E-state index contributed by atoms with van der Waals surface area (Å²) in [5, 5.41) is 9.22. The summed E-state index contributed by atoms with van der Waals surface area (Å²) in [4.78, 5) is 4.57. The lowest BCUT2D eigenvalue weighted by atomic mass is 10.2. The Kier molecular flexibility index (Phi) is 2.57. The van der Waals surface area contributed by atoms with E-state index < -0.39 is 0 Å². The first-order valence-electron chi connectivity index (χ1n) is 6.24. The zero-order chi connectivity index (χ0) is 13.4. The van der Waals surface area contributed by atoms with Crippen molar-refractivity contribution in [3.05, 3.63) is 60.8 Å². The van der Waals surface area contributed by atoms with Crippen molar-refractivity contribution in [2.24, 2.45) is 0 Å². The zero-order valence-corrected chi connectivity index (χ0v) is 11.3. The van der Waals surface area contributed by atoms with Crippen LogP contribution < -0.4 is 0 Å². The summed E-state index contributed by atoms with van der Waals surface area (Å²) >= 11 is 1.61. The number of aromatic nitrogens is 4. The molecule has 0 radical (unpaired) electrons. The van der Waals surface area contributed by atoms with Crippen molar-refractivity contribution < 1.29 is 0 Å². The first kappa shape index (κ1) is 11.3. The van der Waals surface area contributed by atoms with E-state index >= 15 is 0 Å². The summed E-state index contributed by atoms with van der Waals surface area (Å²) in [5.74, 6) is 0. The second-order valence-electron chi connectivity index (χ2n) is 4.38. The molecule has 0 amide bonds. The van der Waals surface area contributed by atoms with Crippen molar-refractivity contribution in [3.63, 3.8) is 0 Å². The molecule has 20 heavy (non-hydrogen) atoms. The summed E-state index contributed by atoms with van der Waals surface area (Å²) < 4.78 is 2.88. The first-order chi connectivity index (χ1) is 9.90. The van der Waals surface area contributed by atoms with Crippen molar-refractivity contribution >= 4 is 21.6 Å². The van der Waals surface area contributed by atoms with Crippen molar-refractivity contribution in [1.29, 1.82) is 0 Å². The molecule has 0 saturated heterocycles. The number of nitrogens with zero attached hydrogens (tertiary/aromatic N) is 4. The minimum atomic E-state index is 0.834. The van der Waals surface area contributed by atoms with E-state index in [1.807, 2.05) is 54.7 Å². The quantitative estimate of drug-likeness (QED) is 0.563. The van der Waals surface area contributed by atoms with E-state index in [2.05, 4.69) is 21.4 Å². The van der Waals surface area contributed by atoms with E-state index in [-0.39, 0.29) is 0 Å². The minimum Gasteiger partial charge on any atom is -0.218 e. The number of rotatable bonds is 2. The molecule has 4 aromatic rings. The molecule has 0 aliphatic heterocycles. The fourth-order valence-electron chi connectivity index (χ4n) is 2.06. The van der Waals surface area contributed by atoms with Gasteiger partial charge in [-0.3, -0.25) is 0 Å². The monoisotopic (exact) mass is 278 g/mol. The van der Waals surface area contributed by atoms with Crippen LogP contribution in [0.2, 0.25) is 0 Å². The molecule has 0 unspecified atom stereocenters. The summed E-state index contributed by atoms with van der Waals surface area (Å²) in [6.07, 6.45) is 1.91. The van der Waals surface area contributed by atoms with Gasteiger partial charge in [0.25, 0.3) is 0 Å². The van der Waals surface area contributed by atoms with E-state index in [9.17, 15) is 0 Å². The normalized spacial score (nSPS) is 11.0. The smallest absolute Gasteiger partial charge is 0.212 e. The number of para-hydroxylation sites is 1. The molecule has 0 spiro atoms. The fourth-order valence-corrected chi connectivity index (χ4v) is 2.94. The lowest BCUT2D eigenvalue weighted by Crippen LogP contribution is -1.92. The Balaban J connectivity index is 1.78. The Morgan fingerprint density at radius 3 is 2.55 bits per heavy atom. The molecule has 96 valence electrons. The highest BCUT2D eigenvalue weighted by atomic mass is 32.1. The van der Waals surface area contributed by atoms with Crippen molar-refractivity contribution in [2.45, 2.75) is 0 Å². The van der Waals surface area contributed by atoms with Gasteiger partial charge in [0, 0.05) is 5.56 Å². The Morgan fingerprint density at radius 1 is 0.900 bits per heavy atom. The average Bonchev–Trinajstić information content (AvgIpc) is 3.14. The lowest BCUT2D eigenvalue weighted by Gasteiger charge is -1.92. The van der Waals surface area contributed by atoms with Gasteiger partial charge in [-0.1, -0.05) is 59.0 Å². The molecule has 5 heteroatoms. The maximum Gasteiger partial charge on any atom is 0.212 e. The van der Waals surface area contributed by atoms with E-state index in [4.69, 9.17) is 0 Å². The van der Waals surface area contributed by atoms with E-state index in [1.54, 1.807) is 16.0 Å². The molecule has 0 N–H and O–H groups in total. The van der Waals surface area contributed by atoms with Gasteiger partial charge in [-0.25, -0.2) is 4.98 Å². The second kappa shape index (κ2) is 4.54. The topological polar surface area (TPSA) is 43.6 Å². The molecular weight excluding hydrogens is 268 g/mol. The van der Waals surface area contributed by atoms with Crippen LogP contribution in [0.15, 0.2) is 60.8 Å². The molecular formula is C15H10N4S. The fraction of sp³-hybridized carbons (Fsp3) is 0. The third-order valence-corrected chi connectivity index (χ3v) is 4.07. The van der Waals surface area contributed by atoms with Crippen LogP contribution in [0.25, 0.3) is 26.6 Å². The van der Waals surface area contributed by atoms with E-state index in [0.29, 0.717) is 0 Å². The highest BCUT2D eigenvalue weighted by Gasteiger charge is 2.09. The van der Waals surface area contributed by atoms with Gasteiger partial charge >= 0.3 is 0 Å². The number of hydrogen-bond donors (Lipinski definition) is 0. The predicted octanol–water partition coefficient (Wildman–Crippen LogP) is 3.54. The lowest BCUT2D eigenvalue weighted by molar-refractivity contribution is 0.799. The molecule has 4 nitrogen and oxygen atoms in total. The van der Waals surface area contributed by atoms with Crippen LogP contribution in [0.1, 0.15) is 0 Å². The summed E-state index contributed by atoms with van der Waals surface area (Å²) in [6.45, 7) is 0. The highest BCUT2D eigenvalue weighted by molar-refractivity contribution is 7.20. The van der Waals surface area contributed by atoms with Crippen molar-refractivity contribution in [3.8, 4) is 16.4 Å². The van der Waals surface area contributed by atoms with Crippen molar-refractivity contribution in [2.75, 3.05) is 0 Å². The molecule has 2 aromatic carbocycles. The van der Waals surface area contributed by atoms with Crippen LogP contribution >= 0.6 is 11.3 Å². The van der Waals surface area contributed by atoms with Crippen molar-refractivity contribution in [1.82, 2.24) is 20.0 Å². The molecule has 0 fully saturated rings. The second-order valence-corrected chi connectivity index (χ2v) is 5.39. The van der Waals surface area contributed by atoms with Crippen LogP contribution in [0.5, 0.6) is 0 Å². The number of benzene rings is 2. The summed E-state index contributed by atoms with van der Waals surface area (Å²) in [6, 6.07) is 18.1. The standard InChI is InChI=1S/C15H10N4S/c1-2-6-11(7-3-1)13-10-19(18-17-13)15-16-12-8-4-5-9-14(12)20-15/h1-10H. The number of thiazole rings is 1. The van der Waals surface area contributed by atoms with Crippen LogP contribution in [-0.4, -0.2) is 20.0 Å². The largest absolute Gasteiger partial charge is 0.218 e. The van der Waals surface area contributed by atoms with Gasteiger partial charge in [0.15, 0.2) is 0 Å². The maximum absolute atomic E-state index is 4.57. The van der Waals surface area contributed by atoms with Gasteiger partial charge < -0.3 is 0 Å². The zero-order valence-electron chi connectivity index (χ0n) is 10.5. The molecule has 0 saturated carbocycles. The van der Waals surface area contributed by atoms with Gasteiger partial charge in [-0.2, -0.15) is 4.68 Å². The summed E-state index contributed by atoms with van der Waals surface area (Å²) in [7, 11) is 0. The predicted molar refractivity (Wildman–Crippen MR) is 80.0 cm³/mol. The average molecular weight is 278 g/mol. The number of hydrogen-bond acceptors (Lipinski definition) is 4. The van der Waals surface area contributed by atoms with Gasteiger partial charge in [0.1, 0.15) is 5.69 Å². The summed E-state index contributed by atoms with van der Waals surface area (Å²) in [5.41, 5.74) is 2.90. The molecule has 0 aliphatic rings. The highest BCUT2D eigenvalue weighted by Crippen LogP contribution is 2.25. The van der Waals surface area contributed by atoms with Gasteiger partial charge in [-0.15, -0.1) is 5.10 Å². The first-order valence-corrected chi connectivity index (χ1v) is 7.05. The molecule has 0 bridgehead atoms. The van der Waals surface area contributed by atoms with Crippen LogP contribution in [-0.2, 0) is 0 Å². The van der Waals surface area contributed by atoms with E-state index in [0.717, 1.165) is 26.6 Å². The molecule has 0 aliphatic carbocycles. The number of fused-ring (bicyclic) bond motifs is 1. The molecule has 4 rings (SSSR count). The third-order valence-electron chi connectivity index (χ3n) is 3.04. The van der Waals surface area contributed by atoms with Gasteiger partial charge in [-0.05, 0) is 12.1 Å². The van der Waals surface area contributed by atoms with E-state index in [1.165, 1.54) is 0 Å². The third kappa shape index (κ3) is 1.88. The van der Waals surface area contributed by atoms with Gasteiger partial charge in [0.2, 0.25) is 5.13 Å². The Hall–Kier alpha value is -2.53. The molecule has 2 aromatic heterocycles. The van der Waals surface area contributed by atoms with Crippen LogP contribution in [0, 0.1) is 0 Å². The molecule has 2 heterocycles. The Bertz CT molecular complexity index is 831.